The van der Waals surface area contributed by atoms with Crippen molar-refractivity contribution in [1.82, 2.24) is 4.90 Å². The van der Waals surface area contributed by atoms with E-state index in [0.29, 0.717) is 18.7 Å². The average molecular weight is 308 g/mol. The van der Waals surface area contributed by atoms with Gasteiger partial charge in [0.25, 0.3) is 5.91 Å². The van der Waals surface area contributed by atoms with Crippen molar-refractivity contribution < 1.29 is 9.59 Å². The second-order valence-corrected chi connectivity index (χ2v) is 5.87. The van der Waals surface area contributed by atoms with Crippen LogP contribution in [0.1, 0.15) is 22.8 Å². The highest BCUT2D eigenvalue weighted by molar-refractivity contribution is 6.03. The maximum Gasteiger partial charge on any atom is 0.254 e. The Morgan fingerprint density at radius 3 is 2.48 bits per heavy atom. The standard InChI is InChI=1S/C19H20N2O2/c1-14-7-6-10-17(13-14)21-12-11-20(15(2)18(21)22)19(23)16-8-4-3-5-9-16/h3-10,13,15H,11-12H2,1-2H3. The molecular formula is C19H20N2O2. The molecule has 1 aliphatic heterocycles. The Bertz CT molecular complexity index is 727. The molecule has 0 bridgehead atoms. The predicted molar refractivity (Wildman–Crippen MR) is 90.5 cm³/mol. The van der Waals surface area contributed by atoms with Gasteiger partial charge in [-0.15, -0.1) is 0 Å². The summed E-state index contributed by atoms with van der Waals surface area (Å²) in [6.07, 6.45) is 0. The molecule has 1 saturated heterocycles. The molecule has 2 aromatic rings. The van der Waals surface area contributed by atoms with Gasteiger partial charge in [0.2, 0.25) is 5.91 Å². The first-order chi connectivity index (χ1) is 11.1. The normalized spacial score (nSPS) is 18.2. The number of nitrogens with zero attached hydrogens (tertiary/aromatic N) is 2. The summed E-state index contributed by atoms with van der Waals surface area (Å²) in [6.45, 7) is 4.86. The van der Waals surface area contributed by atoms with E-state index < -0.39 is 6.04 Å². The Balaban J connectivity index is 1.80. The topological polar surface area (TPSA) is 40.6 Å². The van der Waals surface area contributed by atoms with E-state index in [1.54, 1.807) is 28.9 Å². The lowest BCUT2D eigenvalue weighted by Gasteiger charge is -2.39. The van der Waals surface area contributed by atoms with Gasteiger partial charge < -0.3 is 9.80 Å². The van der Waals surface area contributed by atoms with Crippen LogP contribution in [0, 0.1) is 6.92 Å². The van der Waals surface area contributed by atoms with Crippen LogP contribution in [0.15, 0.2) is 54.6 Å². The number of hydrogen-bond donors (Lipinski definition) is 0. The highest BCUT2D eigenvalue weighted by Crippen LogP contribution is 2.22. The number of benzene rings is 2. The van der Waals surface area contributed by atoms with Gasteiger partial charge in [-0.05, 0) is 43.7 Å². The molecule has 0 radical (unpaired) electrons. The summed E-state index contributed by atoms with van der Waals surface area (Å²) >= 11 is 0. The Hall–Kier alpha value is -2.62. The summed E-state index contributed by atoms with van der Waals surface area (Å²) in [6, 6.07) is 16.5. The number of piperazine rings is 1. The number of carbonyl (C=O) groups is 2. The Morgan fingerprint density at radius 2 is 1.78 bits per heavy atom. The van der Waals surface area contributed by atoms with E-state index in [2.05, 4.69) is 0 Å². The van der Waals surface area contributed by atoms with Gasteiger partial charge in [0.15, 0.2) is 0 Å². The lowest BCUT2D eigenvalue weighted by molar-refractivity contribution is -0.124. The van der Waals surface area contributed by atoms with Crippen molar-refractivity contribution in [3.05, 3.63) is 65.7 Å². The van der Waals surface area contributed by atoms with Crippen molar-refractivity contribution in [3.8, 4) is 0 Å². The number of anilines is 1. The lowest BCUT2D eigenvalue weighted by Crippen LogP contribution is -2.57. The first kappa shape index (κ1) is 15.3. The number of hydrogen-bond acceptors (Lipinski definition) is 2. The third kappa shape index (κ3) is 2.97. The Morgan fingerprint density at radius 1 is 1.04 bits per heavy atom. The molecule has 23 heavy (non-hydrogen) atoms. The van der Waals surface area contributed by atoms with Crippen molar-refractivity contribution in [1.29, 1.82) is 0 Å². The van der Waals surface area contributed by atoms with Gasteiger partial charge in [-0.2, -0.15) is 0 Å². The van der Waals surface area contributed by atoms with Crippen molar-refractivity contribution in [2.45, 2.75) is 19.9 Å². The lowest BCUT2D eigenvalue weighted by atomic mass is 10.1. The quantitative estimate of drug-likeness (QED) is 0.856. The zero-order valence-corrected chi connectivity index (χ0v) is 13.4. The van der Waals surface area contributed by atoms with Gasteiger partial charge in [-0.25, -0.2) is 0 Å². The van der Waals surface area contributed by atoms with Crippen LogP contribution in [0.3, 0.4) is 0 Å². The number of rotatable bonds is 2. The van der Waals surface area contributed by atoms with E-state index >= 15 is 0 Å². The SMILES string of the molecule is Cc1cccc(N2CCN(C(=O)c3ccccc3)C(C)C2=O)c1. The average Bonchev–Trinajstić information content (AvgIpc) is 2.57. The van der Waals surface area contributed by atoms with Gasteiger partial charge in [-0.1, -0.05) is 30.3 Å². The second kappa shape index (κ2) is 6.24. The summed E-state index contributed by atoms with van der Waals surface area (Å²) in [7, 11) is 0. The summed E-state index contributed by atoms with van der Waals surface area (Å²) in [5.74, 6) is -0.124. The van der Waals surface area contributed by atoms with Gasteiger partial charge in [0, 0.05) is 24.3 Å². The van der Waals surface area contributed by atoms with Crippen LogP contribution in [0.4, 0.5) is 5.69 Å². The molecule has 4 nitrogen and oxygen atoms in total. The van der Waals surface area contributed by atoms with E-state index in [4.69, 9.17) is 0 Å². The Kier molecular flexibility index (Phi) is 4.15. The van der Waals surface area contributed by atoms with Gasteiger partial charge in [0.1, 0.15) is 6.04 Å². The van der Waals surface area contributed by atoms with E-state index in [1.807, 2.05) is 49.4 Å². The molecule has 3 rings (SSSR count). The first-order valence-corrected chi connectivity index (χ1v) is 7.82. The van der Waals surface area contributed by atoms with E-state index in [0.717, 1.165) is 11.3 Å². The van der Waals surface area contributed by atoms with Gasteiger partial charge in [0.05, 0.1) is 0 Å². The molecule has 0 saturated carbocycles. The van der Waals surface area contributed by atoms with Crippen molar-refractivity contribution in [3.63, 3.8) is 0 Å². The number of amides is 2. The zero-order valence-electron chi connectivity index (χ0n) is 13.4. The molecule has 1 atom stereocenters. The second-order valence-electron chi connectivity index (χ2n) is 5.87. The highest BCUT2D eigenvalue weighted by atomic mass is 16.2. The van der Waals surface area contributed by atoms with Crippen LogP contribution < -0.4 is 4.90 Å². The summed E-state index contributed by atoms with van der Waals surface area (Å²) in [5, 5.41) is 0. The zero-order chi connectivity index (χ0) is 16.4. The largest absolute Gasteiger partial charge is 0.325 e. The molecule has 1 unspecified atom stereocenters. The molecule has 1 heterocycles. The number of carbonyl (C=O) groups excluding carboxylic acids is 2. The monoisotopic (exact) mass is 308 g/mol. The molecule has 0 aromatic heterocycles. The maximum atomic E-state index is 12.7. The molecular weight excluding hydrogens is 288 g/mol. The minimum absolute atomic E-state index is 0.0360. The van der Waals surface area contributed by atoms with Crippen LogP contribution in [-0.4, -0.2) is 35.8 Å². The minimum Gasteiger partial charge on any atom is -0.325 e. The van der Waals surface area contributed by atoms with E-state index in [9.17, 15) is 9.59 Å². The van der Waals surface area contributed by atoms with Crippen molar-refractivity contribution in [2.75, 3.05) is 18.0 Å². The van der Waals surface area contributed by atoms with Crippen LogP contribution >= 0.6 is 0 Å². The molecule has 2 aromatic carbocycles. The molecule has 0 spiro atoms. The third-order valence-electron chi connectivity index (χ3n) is 4.25. The first-order valence-electron chi connectivity index (χ1n) is 7.82. The predicted octanol–water partition coefficient (Wildman–Crippen LogP) is 2.87. The summed E-state index contributed by atoms with van der Waals surface area (Å²) < 4.78 is 0. The third-order valence-corrected chi connectivity index (χ3v) is 4.25. The molecule has 2 amide bonds. The smallest absolute Gasteiger partial charge is 0.254 e. The van der Waals surface area contributed by atoms with E-state index in [-0.39, 0.29) is 11.8 Å². The van der Waals surface area contributed by atoms with Gasteiger partial charge in [-0.3, -0.25) is 9.59 Å². The maximum absolute atomic E-state index is 12.7. The van der Waals surface area contributed by atoms with Crippen LogP contribution in [0.25, 0.3) is 0 Å². The summed E-state index contributed by atoms with van der Waals surface area (Å²) in [5.41, 5.74) is 2.63. The van der Waals surface area contributed by atoms with Gasteiger partial charge >= 0.3 is 0 Å². The molecule has 1 aliphatic rings. The van der Waals surface area contributed by atoms with Crippen LogP contribution in [0.5, 0.6) is 0 Å². The molecule has 1 fully saturated rings. The Labute approximate surface area is 136 Å². The van der Waals surface area contributed by atoms with Crippen molar-refractivity contribution in [2.24, 2.45) is 0 Å². The summed E-state index contributed by atoms with van der Waals surface area (Å²) in [4.78, 5) is 28.8. The fourth-order valence-electron chi connectivity index (χ4n) is 2.95. The number of aryl methyl sites for hydroxylation is 1. The molecule has 4 heteroatoms. The minimum atomic E-state index is -0.461. The fourth-order valence-corrected chi connectivity index (χ4v) is 2.95. The van der Waals surface area contributed by atoms with Crippen molar-refractivity contribution >= 4 is 17.5 Å². The molecule has 0 aliphatic carbocycles. The molecule has 0 N–H and O–H groups in total. The van der Waals surface area contributed by atoms with Crippen LogP contribution in [0.2, 0.25) is 0 Å². The fraction of sp³-hybridized carbons (Fsp3) is 0.263. The van der Waals surface area contributed by atoms with Crippen LogP contribution in [-0.2, 0) is 4.79 Å². The highest BCUT2D eigenvalue weighted by Gasteiger charge is 2.35. The molecule has 118 valence electrons. The van der Waals surface area contributed by atoms with E-state index in [1.165, 1.54) is 0 Å².